The van der Waals surface area contributed by atoms with Gasteiger partial charge in [-0.25, -0.2) is 0 Å². The number of benzene rings is 1. The molecular formula is C27H49ClSn. The molecule has 0 unspecified atom stereocenters. The van der Waals surface area contributed by atoms with E-state index in [9.17, 15) is 0 Å². The first-order chi connectivity index (χ1) is 14.2. The van der Waals surface area contributed by atoms with E-state index >= 15 is 0 Å². The van der Waals surface area contributed by atoms with E-state index in [1.54, 1.807) is 18.9 Å². The summed E-state index contributed by atoms with van der Waals surface area (Å²) in [6, 6.07) is 10.1. The summed E-state index contributed by atoms with van der Waals surface area (Å²) in [7, 11) is 0. The molecule has 0 atom stereocenters. The second kappa shape index (κ2) is 17.9. The molecule has 0 N–H and O–H groups in total. The number of halogens is 1. The van der Waals surface area contributed by atoms with E-state index in [4.69, 9.17) is 11.6 Å². The van der Waals surface area contributed by atoms with Gasteiger partial charge in [0, 0.05) is 5.88 Å². The van der Waals surface area contributed by atoms with Gasteiger partial charge in [0.25, 0.3) is 0 Å². The fraction of sp³-hybridized carbons (Fsp3) is 0.778. The molecule has 0 aromatic heterocycles. The molecule has 0 saturated heterocycles. The Labute approximate surface area is 192 Å². The predicted molar refractivity (Wildman–Crippen MR) is 138 cm³/mol. The fourth-order valence-electron chi connectivity index (χ4n) is 4.69. The van der Waals surface area contributed by atoms with Gasteiger partial charge in [0.15, 0.2) is 0 Å². The van der Waals surface area contributed by atoms with Crippen LogP contribution >= 0.6 is 11.6 Å². The van der Waals surface area contributed by atoms with E-state index in [1.165, 1.54) is 89.9 Å². The summed E-state index contributed by atoms with van der Waals surface area (Å²) < 4.78 is 6.56. The van der Waals surface area contributed by atoms with E-state index < -0.39 is 18.4 Å². The van der Waals surface area contributed by atoms with Crippen LogP contribution in [-0.4, -0.2) is 24.3 Å². The third kappa shape index (κ3) is 11.5. The Morgan fingerprint density at radius 1 is 0.586 bits per heavy atom. The van der Waals surface area contributed by atoms with Crippen LogP contribution in [-0.2, 0) is 6.42 Å². The molecule has 0 aliphatic heterocycles. The van der Waals surface area contributed by atoms with Crippen LogP contribution < -0.4 is 3.58 Å². The van der Waals surface area contributed by atoms with Crippen LogP contribution in [0.5, 0.6) is 0 Å². The number of hydrogen-bond donors (Lipinski definition) is 0. The average molecular weight is 528 g/mol. The fourth-order valence-corrected chi connectivity index (χ4v) is 20.8. The molecule has 0 amide bonds. The Hall–Kier alpha value is 0.309. The monoisotopic (exact) mass is 528 g/mol. The van der Waals surface area contributed by atoms with Gasteiger partial charge in [-0.3, -0.25) is 0 Å². The summed E-state index contributed by atoms with van der Waals surface area (Å²) in [6.07, 6.45) is 19.1. The summed E-state index contributed by atoms with van der Waals surface area (Å²) in [5.74, 6) is 0.830. The second-order valence-electron chi connectivity index (χ2n) is 9.20. The molecule has 0 spiro atoms. The van der Waals surface area contributed by atoms with Crippen molar-refractivity contribution in [2.24, 2.45) is 0 Å². The van der Waals surface area contributed by atoms with Gasteiger partial charge in [0.05, 0.1) is 0 Å². The molecule has 1 aromatic rings. The van der Waals surface area contributed by atoms with Crippen molar-refractivity contribution in [3.63, 3.8) is 0 Å². The maximum absolute atomic E-state index is 5.75. The minimum absolute atomic E-state index is 0.830. The number of aryl methyl sites for hydroxylation is 1. The molecule has 29 heavy (non-hydrogen) atoms. The van der Waals surface area contributed by atoms with Crippen molar-refractivity contribution < 1.29 is 0 Å². The topological polar surface area (TPSA) is 0 Å². The predicted octanol–water partition coefficient (Wildman–Crippen LogP) is 9.25. The van der Waals surface area contributed by atoms with Crippen molar-refractivity contribution in [3.05, 3.63) is 29.8 Å². The zero-order valence-electron chi connectivity index (χ0n) is 19.9. The van der Waals surface area contributed by atoms with Crippen molar-refractivity contribution in [3.8, 4) is 0 Å². The van der Waals surface area contributed by atoms with Crippen LogP contribution in [0, 0.1) is 0 Å². The molecule has 0 nitrogen and oxygen atoms in total. The molecule has 1 aromatic carbocycles. The summed E-state index contributed by atoms with van der Waals surface area (Å²) in [5, 5.41) is 0. The average Bonchev–Trinajstić information content (AvgIpc) is 2.76. The van der Waals surface area contributed by atoms with Crippen LogP contribution in [0.3, 0.4) is 0 Å². The summed E-state index contributed by atoms with van der Waals surface area (Å²) in [5.41, 5.74) is 1.57. The SMILES string of the molecule is CCC[CH2][Sn]([CH2]CCC)([CH2]CCC)[c]1ccc(CCCCCCCCCCl)cc1. The van der Waals surface area contributed by atoms with Crippen molar-refractivity contribution in [1.29, 1.82) is 0 Å². The Morgan fingerprint density at radius 2 is 1.03 bits per heavy atom. The maximum atomic E-state index is 5.75. The first-order valence-corrected chi connectivity index (χ1v) is 20.9. The molecule has 0 heterocycles. The summed E-state index contributed by atoms with van der Waals surface area (Å²) in [4.78, 5) is 0. The number of alkyl halides is 1. The van der Waals surface area contributed by atoms with Crippen LogP contribution in [0.2, 0.25) is 13.3 Å². The standard InChI is InChI=1S/C15H22Cl.3C4H9.Sn/c16-14-10-5-3-1-2-4-7-11-15-12-8-6-9-13-15;3*1-3-4-2;/h8-9,12-13H,1-5,7,10-11,14H2;3*1,3-4H2,2H3;. The van der Waals surface area contributed by atoms with Gasteiger partial charge < -0.3 is 0 Å². The normalized spacial score (nSPS) is 11.9. The van der Waals surface area contributed by atoms with Gasteiger partial charge in [-0.05, 0) is 0 Å². The summed E-state index contributed by atoms with van der Waals surface area (Å²) >= 11 is 3.53. The van der Waals surface area contributed by atoms with Crippen LogP contribution in [0.15, 0.2) is 24.3 Å². The van der Waals surface area contributed by atoms with Gasteiger partial charge in [-0.2, -0.15) is 0 Å². The van der Waals surface area contributed by atoms with Crippen molar-refractivity contribution in [1.82, 2.24) is 0 Å². The first kappa shape index (κ1) is 27.3. The second-order valence-corrected chi connectivity index (χ2v) is 22.8. The van der Waals surface area contributed by atoms with Crippen molar-refractivity contribution in [2.75, 3.05) is 5.88 Å². The van der Waals surface area contributed by atoms with E-state index in [-0.39, 0.29) is 0 Å². The number of unbranched alkanes of at least 4 members (excludes halogenated alkanes) is 9. The molecule has 0 fully saturated rings. The van der Waals surface area contributed by atoms with Gasteiger partial charge in [0.1, 0.15) is 0 Å². The third-order valence-corrected chi connectivity index (χ3v) is 22.6. The van der Waals surface area contributed by atoms with Crippen LogP contribution in [0.4, 0.5) is 0 Å². The minimum atomic E-state index is -2.22. The van der Waals surface area contributed by atoms with Gasteiger partial charge in [0.2, 0.25) is 0 Å². The Morgan fingerprint density at radius 3 is 1.48 bits per heavy atom. The molecule has 0 bridgehead atoms. The molecule has 2 heteroatoms. The molecular weight excluding hydrogens is 478 g/mol. The van der Waals surface area contributed by atoms with Gasteiger partial charge in [-0.1, -0.05) is 0 Å². The number of rotatable bonds is 19. The zero-order chi connectivity index (χ0) is 21.2. The Bertz CT molecular complexity index is 460. The zero-order valence-corrected chi connectivity index (χ0v) is 23.5. The van der Waals surface area contributed by atoms with Gasteiger partial charge in [-0.15, -0.1) is 11.6 Å². The van der Waals surface area contributed by atoms with E-state index in [2.05, 4.69) is 45.0 Å². The molecule has 0 aliphatic rings. The Kier molecular flexibility index (Phi) is 16.9. The van der Waals surface area contributed by atoms with Crippen molar-refractivity contribution in [2.45, 2.75) is 124 Å². The molecule has 1 rings (SSSR count). The molecule has 0 aliphatic carbocycles. The molecule has 0 radical (unpaired) electrons. The quantitative estimate of drug-likeness (QED) is 0.0955. The number of hydrogen-bond acceptors (Lipinski definition) is 0. The Balaban J connectivity index is 2.60. The van der Waals surface area contributed by atoms with Gasteiger partial charge >= 0.3 is 176 Å². The molecule has 168 valence electrons. The third-order valence-electron chi connectivity index (χ3n) is 6.69. The summed E-state index contributed by atoms with van der Waals surface area (Å²) in [6.45, 7) is 7.12. The van der Waals surface area contributed by atoms with Crippen LogP contribution in [0.25, 0.3) is 0 Å². The van der Waals surface area contributed by atoms with E-state index in [1.807, 2.05) is 3.58 Å². The molecule has 0 saturated carbocycles. The van der Waals surface area contributed by atoms with Crippen molar-refractivity contribution >= 4 is 33.6 Å². The van der Waals surface area contributed by atoms with E-state index in [0.29, 0.717) is 0 Å². The first-order valence-electron chi connectivity index (χ1n) is 12.9. The van der Waals surface area contributed by atoms with E-state index in [0.717, 1.165) is 5.88 Å². The van der Waals surface area contributed by atoms with Crippen LogP contribution in [0.1, 0.15) is 110 Å².